The van der Waals surface area contributed by atoms with Crippen molar-refractivity contribution in [1.82, 2.24) is 24.7 Å². The van der Waals surface area contributed by atoms with Crippen LogP contribution in [0.15, 0.2) is 60.7 Å². The van der Waals surface area contributed by atoms with E-state index in [9.17, 15) is 4.79 Å². The van der Waals surface area contributed by atoms with Crippen LogP contribution in [0.4, 0.5) is 0 Å². The maximum atomic E-state index is 13.7. The van der Waals surface area contributed by atoms with E-state index in [0.29, 0.717) is 50.5 Å². The first-order valence-corrected chi connectivity index (χ1v) is 17.1. The van der Waals surface area contributed by atoms with Crippen molar-refractivity contribution in [3.8, 4) is 11.8 Å². The number of rotatable bonds is 10. The summed E-state index contributed by atoms with van der Waals surface area (Å²) in [6.07, 6.45) is 2.17. The van der Waals surface area contributed by atoms with E-state index in [1.165, 1.54) is 11.1 Å². The van der Waals surface area contributed by atoms with Crippen molar-refractivity contribution in [1.29, 1.82) is 0 Å². The first kappa shape index (κ1) is 37.3. The molecular weight excluding hydrogens is 665 g/mol. The van der Waals surface area contributed by atoms with Gasteiger partial charge < -0.3 is 23.8 Å². The fraction of sp³-hybridized carbons (Fsp3) is 0.541. The van der Waals surface area contributed by atoms with Gasteiger partial charge in [0.05, 0.1) is 37.9 Å². The summed E-state index contributed by atoms with van der Waals surface area (Å²) < 4.78 is 23.2. The molecule has 3 aliphatic heterocycles. The smallest absolute Gasteiger partial charge is 0.230 e. The van der Waals surface area contributed by atoms with Gasteiger partial charge >= 0.3 is 0 Å². The van der Waals surface area contributed by atoms with Crippen LogP contribution in [0, 0.1) is 5.92 Å². The standard InChI is InChI=1S/C37H47N5O5.2ClH/c1-25(2)47-36-31(35(44-3)38-34(39-36)28-14-15-28)20-40-18-30-19-41(37(43)29-22-45-24-46-23-29)16-17-42(30)32(21-40)33(26-10-6-4-7-11-26)27-12-8-5-9-13-27;;/h4-13,25,28-30,32-33H,14-24H2,1-3H3;2*1H/t30-,32?;;/m1../s1. The topological polar surface area (TPSA) is 89.5 Å². The lowest BCUT2D eigenvalue weighted by molar-refractivity contribution is -0.164. The number of hydrogen-bond donors (Lipinski definition) is 0. The summed E-state index contributed by atoms with van der Waals surface area (Å²) in [4.78, 5) is 30.7. The Morgan fingerprint density at radius 2 is 1.51 bits per heavy atom. The molecule has 1 aliphatic carbocycles. The number of hydrogen-bond acceptors (Lipinski definition) is 9. The van der Waals surface area contributed by atoms with E-state index in [0.717, 1.165) is 43.9 Å². The molecule has 4 fully saturated rings. The van der Waals surface area contributed by atoms with Gasteiger partial charge in [-0.2, -0.15) is 9.97 Å². The Morgan fingerprint density at radius 3 is 2.10 bits per heavy atom. The Morgan fingerprint density at radius 1 is 0.878 bits per heavy atom. The lowest BCUT2D eigenvalue weighted by Crippen LogP contribution is -2.67. The number of fused-ring (bicyclic) bond motifs is 1. The monoisotopic (exact) mass is 713 g/mol. The Labute approximate surface area is 302 Å². The molecule has 7 rings (SSSR count). The number of benzene rings is 2. The molecule has 1 amide bonds. The maximum Gasteiger partial charge on any atom is 0.230 e. The van der Waals surface area contributed by atoms with Crippen molar-refractivity contribution in [2.75, 3.05) is 59.8 Å². The molecule has 0 spiro atoms. The molecule has 4 heterocycles. The lowest BCUT2D eigenvalue weighted by Gasteiger charge is -2.54. The minimum absolute atomic E-state index is 0. The van der Waals surface area contributed by atoms with E-state index in [2.05, 4.69) is 70.5 Å². The summed E-state index contributed by atoms with van der Waals surface area (Å²) in [6, 6.07) is 22.0. The fourth-order valence-corrected chi connectivity index (χ4v) is 7.51. The largest absolute Gasteiger partial charge is 0.481 e. The Hall–Kier alpha value is -2.99. The number of halogens is 2. The predicted octanol–water partition coefficient (Wildman–Crippen LogP) is 5.14. The second-order valence-corrected chi connectivity index (χ2v) is 13.6. The molecular formula is C37H49Cl2N5O5. The quantitative estimate of drug-likeness (QED) is 0.283. The van der Waals surface area contributed by atoms with Crippen LogP contribution in [0.5, 0.6) is 11.8 Å². The Balaban J connectivity index is 0.00000234. The molecule has 10 nitrogen and oxygen atoms in total. The minimum atomic E-state index is -0.255. The molecule has 2 atom stereocenters. The van der Waals surface area contributed by atoms with Gasteiger partial charge in [-0.1, -0.05) is 60.7 Å². The van der Waals surface area contributed by atoms with Gasteiger partial charge in [-0.3, -0.25) is 14.6 Å². The summed E-state index contributed by atoms with van der Waals surface area (Å²) in [5.74, 6) is 2.42. The first-order valence-electron chi connectivity index (χ1n) is 17.1. The zero-order valence-electron chi connectivity index (χ0n) is 28.6. The summed E-state index contributed by atoms with van der Waals surface area (Å²) in [5.41, 5.74) is 3.46. The number of methoxy groups -OCH3 is 1. The van der Waals surface area contributed by atoms with Crippen LogP contribution >= 0.6 is 24.8 Å². The molecule has 3 aromatic rings. The molecule has 12 heteroatoms. The van der Waals surface area contributed by atoms with Crippen molar-refractivity contribution in [2.45, 2.75) is 63.3 Å². The van der Waals surface area contributed by atoms with E-state index < -0.39 is 0 Å². The van der Waals surface area contributed by atoms with Gasteiger partial charge in [0.1, 0.15) is 12.6 Å². The van der Waals surface area contributed by atoms with E-state index >= 15 is 0 Å². The molecule has 4 aliphatic rings. The van der Waals surface area contributed by atoms with E-state index in [1.54, 1.807) is 7.11 Å². The highest BCUT2D eigenvalue weighted by Crippen LogP contribution is 2.42. The van der Waals surface area contributed by atoms with Crippen LogP contribution < -0.4 is 9.47 Å². The van der Waals surface area contributed by atoms with E-state index in [-0.39, 0.29) is 67.5 Å². The summed E-state index contributed by atoms with van der Waals surface area (Å²) >= 11 is 0. The molecule has 2 aromatic carbocycles. The number of piperazine rings is 2. The molecule has 0 N–H and O–H groups in total. The van der Waals surface area contributed by atoms with E-state index in [1.807, 2.05) is 18.7 Å². The second-order valence-electron chi connectivity index (χ2n) is 13.6. The number of amides is 1. The first-order chi connectivity index (χ1) is 23.0. The molecule has 1 aromatic heterocycles. The van der Waals surface area contributed by atoms with E-state index in [4.69, 9.17) is 28.9 Å². The normalized spacial score (nSPS) is 21.9. The molecule has 266 valence electrons. The minimum Gasteiger partial charge on any atom is -0.481 e. The second kappa shape index (κ2) is 16.8. The van der Waals surface area contributed by atoms with Gasteiger partial charge in [-0.05, 0) is 37.8 Å². The molecule has 49 heavy (non-hydrogen) atoms. The van der Waals surface area contributed by atoms with Crippen LogP contribution in [0.1, 0.15) is 61.0 Å². The van der Waals surface area contributed by atoms with Crippen molar-refractivity contribution < 1.29 is 23.7 Å². The molecule has 1 saturated carbocycles. The summed E-state index contributed by atoms with van der Waals surface area (Å²) in [7, 11) is 1.69. The summed E-state index contributed by atoms with van der Waals surface area (Å²) in [6.45, 7) is 9.52. The highest BCUT2D eigenvalue weighted by Gasteiger charge is 2.44. The van der Waals surface area contributed by atoms with Crippen LogP contribution in [-0.2, 0) is 20.8 Å². The molecule has 0 radical (unpaired) electrons. The van der Waals surface area contributed by atoms with Crippen molar-refractivity contribution in [3.63, 3.8) is 0 Å². The number of nitrogens with zero attached hydrogens (tertiary/aromatic N) is 5. The average molecular weight is 715 g/mol. The lowest BCUT2D eigenvalue weighted by atomic mass is 9.81. The zero-order valence-corrected chi connectivity index (χ0v) is 30.2. The maximum absolute atomic E-state index is 13.7. The van der Waals surface area contributed by atoms with Crippen molar-refractivity contribution >= 4 is 30.7 Å². The molecule has 1 unspecified atom stereocenters. The van der Waals surface area contributed by atoms with Gasteiger partial charge in [0.25, 0.3) is 0 Å². The van der Waals surface area contributed by atoms with Crippen LogP contribution in [0.2, 0.25) is 0 Å². The third kappa shape index (κ3) is 8.49. The molecule has 3 saturated heterocycles. The van der Waals surface area contributed by atoms with Crippen LogP contribution in [0.3, 0.4) is 0 Å². The highest BCUT2D eigenvalue weighted by atomic mass is 35.5. The number of aromatic nitrogens is 2. The van der Waals surface area contributed by atoms with Gasteiger partial charge in [0.2, 0.25) is 17.7 Å². The molecule has 0 bridgehead atoms. The van der Waals surface area contributed by atoms with Crippen LogP contribution in [0.25, 0.3) is 0 Å². The average Bonchev–Trinajstić information content (AvgIpc) is 3.96. The van der Waals surface area contributed by atoms with Crippen molar-refractivity contribution in [2.24, 2.45) is 5.92 Å². The fourth-order valence-electron chi connectivity index (χ4n) is 7.51. The van der Waals surface area contributed by atoms with Gasteiger partial charge in [0.15, 0.2) is 0 Å². The number of ether oxygens (including phenoxy) is 4. The zero-order chi connectivity index (χ0) is 32.3. The van der Waals surface area contributed by atoms with Gasteiger partial charge in [0, 0.05) is 63.2 Å². The third-order valence-corrected chi connectivity index (χ3v) is 9.85. The van der Waals surface area contributed by atoms with Crippen molar-refractivity contribution in [3.05, 3.63) is 83.2 Å². The number of carbonyl (C=O) groups is 1. The predicted molar refractivity (Wildman–Crippen MR) is 192 cm³/mol. The van der Waals surface area contributed by atoms with Gasteiger partial charge in [-0.15, -0.1) is 24.8 Å². The number of carbonyl (C=O) groups excluding carboxylic acids is 1. The van der Waals surface area contributed by atoms with Gasteiger partial charge in [-0.25, -0.2) is 0 Å². The Bertz CT molecular complexity index is 1470. The van der Waals surface area contributed by atoms with Crippen LogP contribution in [-0.4, -0.2) is 109 Å². The third-order valence-electron chi connectivity index (χ3n) is 9.85. The summed E-state index contributed by atoms with van der Waals surface area (Å²) in [5, 5.41) is 0. The highest BCUT2D eigenvalue weighted by molar-refractivity contribution is 5.85. The Kier molecular flexibility index (Phi) is 12.8. The SMILES string of the molecule is COc1nc(C2CC2)nc(OC(C)C)c1CN1CC(C(c2ccccc2)c2ccccc2)N2CCN(C(=O)C3COCOC3)C[C@H]2C1.Cl.Cl.